The summed E-state index contributed by atoms with van der Waals surface area (Å²) in [5.41, 5.74) is 0.692. The van der Waals surface area contributed by atoms with E-state index in [-0.39, 0.29) is 16.7 Å². The molecule has 0 aliphatic heterocycles. The van der Waals surface area contributed by atoms with Crippen LogP contribution in [0.1, 0.15) is 37.6 Å². The van der Waals surface area contributed by atoms with E-state index in [1.807, 2.05) is 0 Å². The number of halogens is 2. The normalized spacial score (nSPS) is 12.9. The molecule has 0 radical (unpaired) electrons. The van der Waals surface area contributed by atoms with Crippen molar-refractivity contribution in [2.45, 2.75) is 32.6 Å². The molecule has 1 aromatic carbocycles. The zero-order valence-electron chi connectivity index (χ0n) is 12.3. The maximum Gasteiger partial charge on any atom is 0.252 e. The maximum absolute atomic E-state index is 12.1. The van der Waals surface area contributed by atoms with Gasteiger partial charge in [-0.2, -0.15) is 0 Å². The van der Waals surface area contributed by atoms with E-state index < -0.39 is 0 Å². The number of carbonyl (C=O) groups excluding carboxylic acids is 1. The van der Waals surface area contributed by atoms with Crippen molar-refractivity contribution >= 4 is 33.4 Å². The van der Waals surface area contributed by atoms with E-state index in [4.69, 9.17) is 16.3 Å². The van der Waals surface area contributed by atoms with E-state index in [1.165, 1.54) is 0 Å². The molecular formula is C15H21BrClNO2. The highest BCUT2D eigenvalue weighted by molar-refractivity contribution is 9.10. The first-order valence-electron chi connectivity index (χ1n) is 6.49. The molecule has 5 heteroatoms. The Kier molecular flexibility index (Phi) is 6.34. The minimum Gasteiger partial charge on any atom is -0.497 e. The number of methoxy groups -OCH3 is 1. The largest absolute Gasteiger partial charge is 0.497 e. The summed E-state index contributed by atoms with van der Waals surface area (Å²) in [6, 6.07) is 5.29. The lowest BCUT2D eigenvalue weighted by molar-refractivity contribution is 0.0951. The predicted molar refractivity (Wildman–Crippen MR) is 86.7 cm³/mol. The number of amides is 1. The lowest BCUT2D eigenvalue weighted by Gasteiger charge is -2.22. The molecule has 0 bridgehead atoms. The Bertz CT molecular complexity index is 471. The van der Waals surface area contributed by atoms with Crippen molar-refractivity contribution in [2.75, 3.05) is 13.7 Å². The Labute approximate surface area is 134 Å². The molecule has 112 valence electrons. The van der Waals surface area contributed by atoms with Crippen LogP contribution in [0.2, 0.25) is 0 Å². The van der Waals surface area contributed by atoms with Crippen molar-refractivity contribution in [3.05, 3.63) is 28.2 Å². The second-order valence-corrected chi connectivity index (χ2v) is 7.39. The van der Waals surface area contributed by atoms with Gasteiger partial charge in [0.1, 0.15) is 5.75 Å². The van der Waals surface area contributed by atoms with E-state index in [2.05, 4.69) is 42.0 Å². The highest BCUT2D eigenvalue weighted by atomic mass is 79.9. The molecule has 1 unspecified atom stereocenters. The summed E-state index contributed by atoms with van der Waals surface area (Å²) in [6.07, 6.45) is 0.841. The minimum atomic E-state index is -0.157. The van der Waals surface area contributed by atoms with Gasteiger partial charge in [0.05, 0.1) is 18.1 Å². The van der Waals surface area contributed by atoms with Gasteiger partial charge in [0.15, 0.2) is 0 Å². The van der Waals surface area contributed by atoms with Crippen LogP contribution in [0.4, 0.5) is 0 Å². The molecule has 3 nitrogen and oxygen atoms in total. The van der Waals surface area contributed by atoms with Crippen molar-refractivity contribution in [3.63, 3.8) is 0 Å². The van der Waals surface area contributed by atoms with Crippen LogP contribution in [0.3, 0.4) is 0 Å². The number of hydrogen-bond donors (Lipinski definition) is 1. The third kappa shape index (κ3) is 5.71. The average molecular weight is 363 g/mol. The van der Waals surface area contributed by atoms with Gasteiger partial charge in [-0.3, -0.25) is 4.79 Å². The van der Waals surface area contributed by atoms with Gasteiger partial charge in [-0.1, -0.05) is 20.8 Å². The van der Waals surface area contributed by atoms with Gasteiger partial charge in [0.2, 0.25) is 0 Å². The molecule has 0 heterocycles. The summed E-state index contributed by atoms with van der Waals surface area (Å²) in [7, 11) is 1.57. The maximum atomic E-state index is 12.1. The third-order valence-corrected chi connectivity index (χ3v) is 3.74. The molecule has 0 aliphatic carbocycles. The molecule has 0 fully saturated rings. The van der Waals surface area contributed by atoms with Crippen LogP contribution in [-0.2, 0) is 0 Å². The SMILES string of the molecule is COc1ccc(Br)c(C(=O)NCC(Cl)CC(C)(C)C)c1. The number of ether oxygens (including phenoxy) is 1. The molecule has 0 aliphatic rings. The molecule has 20 heavy (non-hydrogen) atoms. The second kappa shape index (κ2) is 7.32. The zero-order chi connectivity index (χ0) is 15.3. The highest BCUT2D eigenvalue weighted by Crippen LogP contribution is 2.24. The average Bonchev–Trinajstić information content (AvgIpc) is 2.34. The monoisotopic (exact) mass is 361 g/mol. The van der Waals surface area contributed by atoms with Gasteiger partial charge in [-0.25, -0.2) is 0 Å². The smallest absolute Gasteiger partial charge is 0.252 e. The molecule has 0 saturated carbocycles. The quantitative estimate of drug-likeness (QED) is 0.796. The van der Waals surface area contributed by atoms with Crippen molar-refractivity contribution in [3.8, 4) is 5.75 Å². The first kappa shape index (κ1) is 17.3. The van der Waals surface area contributed by atoms with E-state index >= 15 is 0 Å². The van der Waals surface area contributed by atoms with Crippen molar-refractivity contribution < 1.29 is 9.53 Å². The summed E-state index contributed by atoms with van der Waals surface area (Å²) >= 11 is 9.61. The fraction of sp³-hybridized carbons (Fsp3) is 0.533. The van der Waals surface area contributed by atoms with E-state index in [9.17, 15) is 4.79 Å². The fourth-order valence-corrected chi connectivity index (χ4v) is 2.81. The number of benzene rings is 1. The number of rotatable bonds is 5. The van der Waals surface area contributed by atoms with E-state index in [0.717, 1.165) is 10.9 Å². The number of nitrogens with one attached hydrogen (secondary N) is 1. The van der Waals surface area contributed by atoms with Crippen LogP contribution in [-0.4, -0.2) is 24.9 Å². The Morgan fingerprint density at radius 1 is 1.45 bits per heavy atom. The molecule has 0 saturated heterocycles. The van der Waals surface area contributed by atoms with Gasteiger partial charge in [0, 0.05) is 11.0 Å². The Morgan fingerprint density at radius 3 is 2.65 bits per heavy atom. The van der Waals surface area contributed by atoms with Crippen LogP contribution < -0.4 is 10.1 Å². The lowest BCUT2D eigenvalue weighted by atomic mass is 9.90. The summed E-state index contributed by atoms with van der Waals surface area (Å²) < 4.78 is 5.86. The fourth-order valence-electron chi connectivity index (χ4n) is 1.84. The Hall–Kier alpha value is -0.740. The molecule has 1 aromatic rings. The summed E-state index contributed by atoms with van der Waals surface area (Å²) in [6.45, 7) is 6.83. The van der Waals surface area contributed by atoms with Crippen LogP contribution >= 0.6 is 27.5 Å². The first-order valence-corrected chi connectivity index (χ1v) is 7.71. The molecule has 0 spiro atoms. The van der Waals surface area contributed by atoms with Crippen LogP contribution in [0.5, 0.6) is 5.75 Å². The van der Waals surface area contributed by atoms with Crippen molar-refractivity contribution in [2.24, 2.45) is 5.41 Å². The van der Waals surface area contributed by atoms with Crippen LogP contribution in [0.15, 0.2) is 22.7 Å². The van der Waals surface area contributed by atoms with E-state index in [0.29, 0.717) is 17.9 Å². The van der Waals surface area contributed by atoms with Crippen molar-refractivity contribution in [1.29, 1.82) is 0 Å². The third-order valence-electron chi connectivity index (χ3n) is 2.74. The molecule has 1 N–H and O–H groups in total. The summed E-state index contributed by atoms with van der Waals surface area (Å²) in [5, 5.41) is 2.78. The topological polar surface area (TPSA) is 38.3 Å². The predicted octanol–water partition coefficient (Wildman–Crippen LogP) is 4.23. The molecular weight excluding hydrogens is 342 g/mol. The van der Waals surface area contributed by atoms with Crippen LogP contribution in [0, 0.1) is 5.41 Å². The second-order valence-electron chi connectivity index (χ2n) is 5.92. The standard InChI is InChI=1S/C15H21BrClNO2/c1-15(2,3)8-10(17)9-18-14(19)12-7-11(20-4)5-6-13(12)16/h5-7,10H,8-9H2,1-4H3,(H,18,19). The van der Waals surface area contributed by atoms with Gasteiger partial charge in [-0.15, -0.1) is 11.6 Å². The number of hydrogen-bond acceptors (Lipinski definition) is 2. The minimum absolute atomic E-state index is 0.0802. The lowest BCUT2D eigenvalue weighted by Crippen LogP contribution is -2.31. The van der Waals surface area contributed by atoms with Gasteiger partial charge < -0.3 is 10.1 Å². The number of alkyl halides is 1. The zero-order valence-corrected chi connectivity index (χ0v) is 14.6. The Balaban J connectivity index is 2.63. The van der Waals surface area contributed by atoms with Gasteiger partial charge in [0.25, 0.3) is 5.91 Å². The molecule has 0 aromatic heterocycles. The highest BCUT2D eigenvalue weighted by Gasteiger charge is 2.18. The van der Waals surface area contributed by atoms with Crippen molar-refractivity contribution in [1.82, 2.24) is 5.32 Å². The molecule has 1 rings (SSSR count). The van der Waals surface area contributed by atoms with E-state index in [1.54, 1.807) is 25.3 Å². The molecule has 1 amide bonds. The molecule has 1 atom stereocenters. The summed E-state index contributed by atoms with van der Waals surface area (Å²) in [4.78, 5) is 12.1. The van der Waals surface area contributed by atoms with Gasteiger partial charge >= 0.3 is 0 Å². The summed E-state index contributed by atoms with van der Waals surface area (Å²) in [5.74, 6) is 0.491. The Morgan fingerprint density at radius 2 is 2.10 bits per heavy atom. The first-order chi connectivity index (χ1) is 9.23. The van der Waals surface area contributed by atoms with Gasteiger partial charge in [-0.05, 0) is 46.0 Å². The van der Waals surface area contributed by atoms with Crippen LogP contribution in [0.25, 0.3) is 0 Å². The number of carbonyl (C=O) groups is 1.